The number of hydrogen-bond donors (Lipinski definition) is 0. The van der Waals surface area contributed by atoms with Gasteiger partial charge in [0.1, 0.15) is 11.8 Å². The molecule has 0 aliphatic rings. The Bertz CT molecular complexity index is 286. The van der Waals surface area contributed by atoms with E-state index in [1.807, 2.05) is 0 Å². The monoisotopic (exact) mass is 120 g/mol. The van der Waals surface area contributed by atoms with E-state index in [9.17, 15) is 0 Å². The van der Waals surface area contributed by atoms with Crippen LogP contribution in [0.1, 0.15) is 0 Å². The van der Waals surface area contributed by atoms with Crippen LogP contribution in [-0.4, -0.2) is 15.1 Å². The minimum absolute atomic E-state index is 0.661. The molecule has 0 atom stereocenters. The fraction of sp³-hybridized carbons (Fsp3) is 0. The number of nitrogens with zero attached hydrogens (tertiary/aromatic N) is 3. The largest absolute Gasteiger partial charge is 0.362 e. The zero-order valence-electron chi connectivity index (χ0n) is 4.40. The lowest BCUT2D eigenvalue weighted by atomic mass is 10.5. The Balaban J connectivity index is 2.95. The van der Waals surface area contributed by atoms with Gasteiger partial charge in [-0.2, -0.15) is 0 Å². The van der Waals surface area contributed by atoms with Crippen molar-refractivity contribution in [3.05, 3.63) is 18.8 Å². The summed E-state index contributed by atoms with van der Waals surface area (Å²) in [5, 5.41) is 3.60. The molecule has 4 heteroatoms. The molecule has 2 heterocycles. The smallest absolute Gasteiger partial charge is 0.198 e. The summed E-state index contributed by atoms with van der Waals surface area (Å²) in [6.07, 6.45) is 5.42. The van der Waals surface area contributed by atoms with Gasteiger partial charge >= 0.3 is 0 Å². The lowest BCUT2D eigenvalue weighted by Gasteiger charge is -1.76. The third kappa shape index (κ3) is 0.561. The Morgan fingerprint density at radius 1 is 1.44 bits per heavy atom. The highest BCUT2D eigenvalue weighted by Crippen LogP contribution is 2.03. The fourth-order valence-corrected chi connectivity index (χ4v) is 0.586. The van der Waals surface area contributed by atoms with Crippen molar-refractivity contribution in [3.63, 3.8) is 0 Å². The standard InChI is InChI=1S/C5H2N3O/c1-4-5(2-9-8-4)7-3-6-1/h1-2H. The highest BCUT2D eigenvalue weighted by Gasteiger charge is 1.94. The molecule has 4 nitrogen and oxygen atoms in total. The van der Waals surface area contributed by atoms with Crippen molar-refractivity contribution in [3.8, 4) is 0 Å². The average Bonchev–Trinajstić information content (AvgIpc) is 2.33. The SMILES string of the molecule is [c]1ncc2nocc2n1. The molecular formula is C5H2N3O. The molecule has 0 aliphatic heterocycles. The quantitative estimate of drug-likeness (QED) is 0.505. The topological polar surface area (TPSA) is 51.8 Å². The Kier molecular flexibility index (Phi) is 0.745. The van der Waals surface area contributed by atoms with Crippen molar-refractivity contribution >= 4 is 11.0 Å². The van der Waals surface area contributed by atoms with Crippen LogP contribution < -0.4 is 0 Å². The summed E-state index contributed by atoms with van der Waals surface area (Å²) in [5.41, 5.74) is 1.35. The van der Waals surface area contributed by atoms with Gasteiger partial charge in [-0.3, -0.25) is 0 Å². The van der Waals surface area contributed by atoms with Crippen LogP contribution in [0.15, 0.2) is 17.0 Å². The number of hydrogen-bond acceptors (Lipinski definition) is 4. The third-order valence-corrected chi connectivity index (χ3v) is 0.993. The molecule has 0 unspecified atom stereocenters. The first-order valence-electron chi connectivity index (χ1n) is 2.40. The van der Waals surface area contributed by atoms with Crippen LogP contribution in [0.4, 0.5) is 0 Å². The second-order valence-corrected chi connectivity index (χ2v) is 1.56. The van der Waals surface area contributed by atoms with E-state index >= 15 is 0 Å². The second-order valence-electron chi connectivity index (χ2n) is 1.56. The maximum atomic E-state index is 4.59. The van der Waals surface area contributed by atoms with Gasteiger partial charge in [0.25, 0.3) is 0 Å². The Hall–Kier alpha value is -1.45. The molecule has 0 saturated carbocycles. The van der Waals surface area contributed by atoms with E-state index < -0.39 is 0 Å². The normalized spacial score (nSPS) is 10.2. The summed E-state index contributed by atoms with van der Waals surface area (Å²) in [5.74, 6) is 0. The molecule has 0 fully saturated rings. The Morgan fingerprint density at radius 2 is 2.44 bits per heavy atom. The van der Waals surface area contributed by atoms with Crippen molar-refractivity contribution in [2.75, 3.05) is 0 Å². The van der Waals surface area contributed by atoms with Crippen LogP contribution in [0.3, 0.4) is 0 Å². The Labute approximate surface area is 50.5 Å². The van der Waals surface area contributed by atoms with Crippen molar-refractivity contribution in [1.29, 1.82) is 0 Å². The minimum atomic E-state index is 0.661. The van der Waals surface area contributed by atoms with Crippen LogP contribution in [0.2, 0.25) is 0 Å². The molecule has 0 saturated heterocycles. The number of aromatic nitrogens is 3. The van der Waals surface area contributed by atoms with Gasteiger partial charge < -0.3 is 4.52 Å². The number of fused-ring (bicyclic) bond motifs is 1. The van der Waals surface area contributed by atoms with Crippen LogP contribution in [0, 0.1) is 6.33 Å². The summed E-state index contributed by atoms with van der Waals surface area (Å²) in [4.78, 5) is 7.38. The third-order valence-electron chi connectivity index (χ3n) is 0.993. The van der Waals surface area contributed by atoms with Gasteiger partial charge in [0.2, 0.25) is 0 Å². The van der Waals surface area contributed by atoms with Crippen molar-refractivity contribution in [2.45, 2.75) is 0 Å². The molecule has 0 amide bonds. The fourth-order valence-electron chi connectivity index (χ4n) is 0.586. The van der Waals surface area contributed by atoms with Crippen LogP contribution in [0.25, 0.3) is 11.0 Å². The van der Waals surface area contributed by atoms with E-state index in [0.717, 1.165) is 0 Å². The molecule has 2 rings (SSSR count). The van der Waals surface area contributed by atoms with E-state index in [1.165, 1.54) is 6.26 Å². The molecule has 0 aromatic carbocycles. The highest BCUT2D eigenvalue weighted by atomic mass is 16.5. The first kappa shape index (κ1) is 4.43. The summed E-state index contributed by atoms with van der Waals surface area (Å²) in [6.45, 7) is 0. The predicted octanol–water partition coefficient (Wildman–Crippen LogP) is 0.418. The van der Waals surface area contributed by atoms with E-state index in [0.29, 0.717) is 11.0 Å². The van der Waals surface area contributed by atoms with Gasteiger partial charge in [0.15, 0.2) is 11.8 Å². The zero-order chi connectivity index (χ0) is 6.10. The lowest BCUT2D eigenvalue weighted by Crippen LogP contribution is -1.75. The summed E-state index contributed by atoms with van der Waals surface area (Å²) >= 11 is 0. The molecule has 9 heavy (non-hydrogen) atoms. The lowest BCUT2D eigenvalue weighted by molar-refractivity contribution is 0.428. The molecule has 2 aromatic heterocycles. The highest BCUT2D eigenvalue weighted by molar-refractivity contribution is 5.70. The maximum Gasteiger partial charge on any atom is 0.198 e. The molecule has 43 valence electrons. The van der Waals surface area contributed by atoms with Crippen LogP contribution in [-0.2, 0) is 0 Å². The van der Waals surface area contributed by atoms with Gasteiger partial charge in [-0.1, -0.05) is 5.16 Å². The molecule has 0 aliphatic carbocycles. The minimum Gasteiger partial charge on any atom is -0.362 e. The van der Waals surface area contributed by atoms with Crippen molar-refractivity contribution in [2.24, 2.45) is 0 Å². The van der Waals surface area contributed by atoms with Gasteiger partial charge in [-0.15, -0.1) is 0 Å². The molecule has 0 N–H and O–H groups in total. The van der Waals surface area contributed by atoms with Crippen molar-refractivity contribution < 1.29 is 4.52 Å². The maximum absolute atomic E-state index is 4.59. The van der Waals surface area contributed by atoms with Gasteiger partial charge in [0.05, 0.1) is 6.20 Å². The summed E-state index contributed by atoms with van der Waals surface area (Å²) in [7, 11) is 0. The zero-order valence-corrected chi connectivity index (χ0v) is 4.40. The molecule has 1 radical (unpaired) electrons. The first-order valence-corrected chi connectivity index (χ1v) is 2.40. The summed E-state index contributed by atoms with van der Waals surface area (Å²) < 4.78 is 4.59. The molecular weight excluding hydrogens is 118 g/mol. The molecule has 0 spiro atoms. The predicted molar refractivity (Wildman–Crippen MR) is 28.4 cm³/mol. The average molecular weight is 120 g/mol. The molecule has 0 bridgehead atoms. The first-order chi connectivity index (χ1) is 4.47. The van der Waals surface area contributed by atoms with E-state index in [-0.39, 0.29) is 0 Å². The van der Waals surface area contributed by atoms with E-state index in [1.54, 1.807) is 6.20 Å². The van der Waals surface area contributed by atoms with Gasteiger partial charge in [0, 0.05) is 0 Å². The Morgan fingerprint density at radius 3 is 3.33 bits per heavy atom. The summed E-state index contributed by atoms with van der Waals surface area (Å²) in [6, 6.07) is 0. The molecule has 2 aromatic rings. The number of rotatable bonds is 0. The van der Waals surface area contributed by atoms with E-state index in [2.05, 4.69) is 26.0 Å². The van der Waals surface area contributed by atoms with E-state index in [4.69, 9.17) is 0 Å². The van der Waals surface area contributed by atoms with Crippen LogP contribution >= 0.6 is 0 Å². The second kappa shape index (κ2) is 1.51. The van der Waals surface area contributed by atoms with Gasteiger partial charge in [-0.25, -0.2) is 9.97 Å². The van der Waals surface area contributed by atoms with Gasteiger partial charge in [-0.05, 0) is 0 Å². The van der Waals surface area contributed by atoms with Crippen LogP contribution in [0.5, 0.6) is 0 Å². The van der Waals surface area contributed by atoms with Crippen molar-refractivity contribution in [1.82, 2.24) is 15.1 Å².